The van der Waals surface area contributed by atoms with Crippen LogP contribution in [0.1, 0.15) is 36.9 Å². The quantitative estimate of drug-likeness (QED) is 0.366. The van der Waals surface area contributed by atoms with Gasteiger partial charge in [0.1, 0.15) is 12.0 Å². The standard InChI is InChI=1S/C31H32F2N8O2/c1-38-19-34-29(37-38)22-4-2-20(3-5-22)21-8-12-40(13-9-21)26(42)17-39-14-10-31(18-39)11-15-41(30(31)43)23-6-7-25-24(16-23)27(28(32)33)36-35-25/h2-8,16,19,28H,9-15,17-18H2,1H3,(H,35,36)/t31-/m0/s1. The summed E-state index contributed by atoms with van der Waals surface area (Å²) >= 11 is 0. The second-order valence-corrected chi connectivity index (χ2v) is 11.7. The fourth-order valence-corrected chi connectivity index (χ4v) is 6.65. The van der Waals surface area contributed by atoms with Crippen molar-refractivity contribution in [1.29, 1.82) is 0 Å². The smallest absolute Gasteiger partial charge is 0.280 e. The molecule has 2 saturated heterocycles. The first kappa shape index (κ1) is 27.4. The van der Waals surface area contributed by atoms with Gasteiger partial charge in [-0.3, -0.25) is 24.3 Å². The Morgan fingerprint density at radius 2 is 1.86 bits per heavy atom. The zero-order valence-electron chi connectivity index (χ0n) is 23.8. The minimum atomic E-state index is -2.68. The summed E-state index contributed by atoms with van der Waals surface area (Å²) in [6, 6.07) is 13.2. The van der Waals surface area contributed by atoms with Gasteiger partial charge in [-0.2, -0.15) is 10.2 Å². The number of fused-ring (bicyclic) bond motifs is 1. The Morgan fingerprint density at radius 1 is 1.07 bits per heavy atom. The molecule has 2 aromatic carbocycles. The molecule has 7 rings (SSSR count). The summed E-state index contributed by atoms with van der Waals surface area (Å²) in [5.74, 6) is 0.758. The number of carbonyl (C=O) groups is 2. The number of nitrogens with one attached hydrogen (secondary N) is 1. The Labute approximate surface area is 247 Å². The van der Waals surface area contributed by atoms with Crippen LogP contribution in [-0.4, -0.2) is 85.8 Å². The molecule has 0 radical (unpaired) electrons. The number of halogens is 2. The minimum Gasteiger partial charge on any atom is -0.338 e. The molecule has 4 aromatic rings. The summed E-state index contributed by atoms with van der Waals surface area (Å²) in [5, 5.41) is 11.0. The fourth-order valence-electron chi connectivity index (χ4n) is 6.65. The molecule has 2 aromatic heterocycles. The van der Waals surface area contributed by atoms with Gasteiger partial charge in [-0.25, -0.2) is 13.8 Å². The summed E-state index contributed by atoms with van der Waals surface area (Å²) in [6.45, 7) is 3.21. The number of nitrogens with zero attached hydrogens (tertiary/aromatic N) is 7. The number of amides is 2. The van der Waals surface area contributed by atoms with Crippen LogP contribution in [0.2, 0.25) is 0 Å². The van der Waals surface area contributed by atoms with Crippen molar-refractivity contribution in [3.63, 3.8) is 0 Å². The maximum Gasteiger partial charge on any atom is 0.280 e. The summed E-state index contributed by atoms with van der Waals surface area (Å²) in [5.41, 5.74) is 3.57. The Kier molecular flexibility index (Phi) is 6.80. The average molecular weight is 587 g/mol. The molecule has 1 spiro atoms. The first-order chi connectivity index (χ1) is 20.8. The normalized spacial score (nSPS) is 21.1. The molecule has 0 bridgehead atoms. The van der Waals surface area contributed by atoms with Gasteiger partial charge in [0, 0.05) is 49.9 Å². The van der Waals surface area contributed by atoms with Gasteiger partial charge in [0.2, 0.25) is 11.8 Å². The van der Waals surface area contributed by atoms with Gasteiger partial charge in [0.15, 0.2) is 5.82 Å². The molecule has 1 atom stereocenters. The van der Waals surface area contributed by atoms with E-state index in [1.165, 1.54) is 5.57 Å². The molecule has 3 aliphatic heterocycles. The average Bonchev–Trinajstić information content (AvgIpc) is 3.81. The highest BCUT2D eigenvalue weighted by Crippen LogP contribution is 2.43. The van der Waals surface area contributed by atoms with E-state index in [0.29, 0.717) is 68.0 Å². The van der Waals surface area contributed by atoms with Gasteiger partial charge in [0.05, 0.1) is 17.5 Å². The van der Waals surface area contributed by atoms with Gasteiger partial charge >= 0.3 is 0 Å². The summed E-state index contributed by atoms with van der Waals surface area (Å²) in [6.07, 6.45) is 3.26. The van der Waals surface area contributed by atoms with E-state index >= 15 is 0 Å². The van der Waals surface area contributed by atoms with E-state index in [-0.39, 0.29) is 24.1 Å². The number of aryl methyl sites for hydroxylation is 1. The van der Waals surface area contributed by atoms with Crippen molar-refractivity contribution in [3.05, 3.63) is 66.1 Å². The van der Waals surface area contributed by atoms with Gasteiger partial charge in [0.25, 0.3) is 6.43 Å². The lowest BCUT2D eigenvalue weighted by Crippen LogP contribution is -2.43. The molecule has 2 fully saturated rings. The highest BCUT2D eigenvalue weighted by molar-refractivity contribution is 6.02. The molecular formula is C31H32F2N8O2. The molecule has 3 aliphatic rings. The van der Waals surface area contributed by atoms with E-state index in [2.05, 4.69) is 43.4 Å². The van der Waals surface area contributed by atoms with Crippen molar-refractivity contribution < 1.29 is 18.4 Å². The fraction of sp³-hybridized carbons (Fsp3) is 0.387. The highest BCUT2D eigenvalue weighted by Gasteiger charge is 2.51. The summed E-state index contributed by atoms with van der Waals surface area (Å²) < 4.78 is 28.5. The first-order valence-electron chi connectivity index (χ1n) is 14.5. The van der Waals surface area contributed by atoms with Crippen LogP contribution < -0.4 is 4.90 Å². The van der Waals surface area contributed by atoms with E-state index in [1.54, 1.807) is 34.1 Å². The van der Waals surface area contributed by atoms with Crippen molar-refractivity contribution in [2.24, 2.45) is 12.5 Å². The van der Waals surface area contributed by atoms with Crippen LogP contribution >= 0.6 is 0 Å². The van der Waals surface area contributed by atoms with E-state index in [0.717, 1.165) is 17.5 Å². The predicted molar refractivity (Wildman–Crippen MR) is 157 cm³/mol. The Bertz CT molecular complexity index is 1730. The zero-order chi connectivity index (χ0) is 29.7. The molecule has 0 saturated carbocycles. The maximum absolute atomic E-state index is 13.6. The zero-order valence-corrected chi connectivity index (χ0v) is 23.8. The molecule has 2 amide bonds. The molecule has 5 heterocycles. The van der Waals surface area contributed by atoms with Crippen LogP contribution in [0.4, 0.5) is 14.5 Å². The lowest BCUT2D eigenvalue weighted by molar-refractivity contribution is -0.132. The Hall–Kier alpha value is -4.45. The molecule has 0 aliphatic carbocycles. The van der Waals surface area contributed by atoms with E-state index < -0.39 is 11.8 Å². The van der Waals surface area contributed by atoms with Crippen LogP contribution in [0.3, 0.4) is 0 Å². The van der Waals surface area contributed by atoms with E-state index in [4.69, 9.17) is 0 Å². The number of benzene rings is 2. The molecule has 0 unspecified atom stereocenters. The number of anilines is 1. The number of aromatic nitrogens is 5. The van der Waals surface area contributed by atoms with Gasteiger partial charge in [-0.05, 0) is 55.1 Å². The van der Waals surface area contributed by atoms with E-state index in [1.807, 2.05) is 24.1 Å². The summed E-state index contributed by atoms with van der Waals surface area (Å²) in [4.78, 5) is 36.8. The molecule has 43 heavy (non-hydrogen) atoms. The number of hydrogen-bond donors (Lipinski definition) is 1. The van der Waals surface area contributed by atoms with Crippen LogP contribution in [0.25, 0.3) is 27.9 Å². The van der Waals surface area contributed by atoms with Crippen LogP contribution in [0.15, 0.2) is 54.9 Å². The maximum atomic E-state index is 13.6. The minimum absolute atomic E-state index is 0.000663. The number of rotatable bonds is 6. The number of hydrogen-bond acceptors (Lipinski definition) is 6. The lowest BCUT2D eigenvalue weighted by atomic mass is 9.85. The van der Waals surface area contributed by atoms with Crippen molar-refractivity contribution >= 4 is 34.0 Å². The third-order valence-corrected chi connectivity index (χ3v) is 9.08. The second-order valence-electron chi connectivity index (χ2n) is 11.7. The van der Waals surface area contributed by atoms with Gasteiger partial charge in [-0.1, -0.05) is 30.3 Å². The van der Waals surface area contributed by atoms with Crippen LogP contribution in [0.5, 0.6) is 0 Å². The van der Waals surface area contributed by atoms with Gasteiger partial charge < -0.3 is 9.80 Å². The molecule has 10 nitrogen and oxygen atoms in total. The molecule has 12 heteroatoms. The van der Waals surface area contributed by atoms with Gasteiger partial charge in [-0.15, -0.1) is 0 Å². The van der Waals surface area contributed by atoms with E-state index in [9.17, 15) is 18.4 Å². The van der Waals surface area contributed by atoms with Crippen LogP contribution in [0, 0.1) is 5.41 Å². The SMILES string of the molecule is Cn1cnc(-c2ccc(C3=CCN(C(=O)CN4CC[C@]5(CCN(c6ccc7n[nH]c(C(F)F)c7c6)C5=O)C4)CC3)cc2)n1. The molecule has 1 N–H and O–H groups in total. The highest BCUT2D eigenvalue weighted by atomic mass is 19.3. The Balaban J connectivity index is 0.958. The third kappa shape index (κ3) is 4.99. The molecule has 222 valence electrons. The number of alkyl halides is 2. The van der Waals surface area contributed by atoms with Crippen LogP contribution in [-0.2, 0) is 16.6 Å². The number of aromatic amines is 1. The number of carbonyl (C=O) groups excluding carboxylic acids is 2. The summed E-state index contributed by atoms with van der Waals surface area (Å²) in [7, 11) is 1.84. The van der Waals surface area contributed by atoms with Crippen molar-refractivity contribution in [2.75, 3.05) is 44.2 Å². The number of likely N-dealkylation sites (tertiary alicyclic amines) is 1. The van der Waals surface area contributed by atoms with Crippen molar-refractivity contribution in [3.8, 4) is 11.4 Å². The monoisotopic (exact) mass is 586 g/mol. The lowest BCUT2D eigenvalue weighted by Gasteiger charge is -2.29. The molecular weight excluding hydrogens is 554 g/mol. The topological polar surface area (TPSA) is 103 Å². The predicted octanol–water partition coefficient (Wildman–Crippen LogP) is 4.04. The Morgan fingerprint density at radius 3 is 2.58 bits per heavy atom. The third-order valence-electron chi connectivity index (χ3n) is 9.08. The largest absolute Gasteiger partial charge is 0.338 e. The number of H-pyrrole nitrogens is 1. The van der Waals surface area contributed by atoms with Crippen molar-refractivity contribution in [2.45, 2.75) is 25.7 Å². The first-order valence-corrected chi connectivity index (χ1v) is 14.5. The van der Waals surface area contributed by atoms with Crippen molar-refractivity contribution in [1.82, 2.24) is 34.8 Å². The second kappa shape index (κ2) is 10.7.